The summed E-state index contributed by atoms with van der Waals surface area (Å²) in [4.78, 5) is 26.3. The molecule has 0 saturated carbocycles. The fraction of sp³-hybridized carbons (Fsp3) is 0.263. The van der Waals surface area contributed by atoms with E-state index in [1.807, 2.05) is 31.2 Å². The van der Waals surface area contributed by atoms with E-state index in [0.717, 1.165) is 11.4 Å². The molecule has 0 bridgehead atoms. The SMILES string of the molecule is CCOc1ccc(N[C@H]2CC(=O)N(c3ccccc3OC)C2=O)cc1. The van der Waals surface area contributed by atoms with Crippen LogP contribution in [0.3, 0.4) is 0 Å². The number of nitrogens with zero attached hydrogens (tertiary/aromatic N) is 1. The number of carbonyl (C=O) groups excluding carboxylic acids is 2. The molecule has 2 aromatic rings. The molecule has 1 N–H and O–H groups in total. The average molecular weight is 340 g/mol. The minimum Gasteiger partial charge on any atom is -0.495 e. The Balaban J connectivity index is 1.77. The molecule has 2 aromatic carbocycles. The van der Waals surface area contributed by atoms with Crippen LogP contribution < -0.4 is 19.7 Å². The quantitative estimate of drug-likeness (QED) is 0.819. The maximum Gasteiger partial charge on any atom is 0.256 e. The molecule has 1 aliphatic rings. The molecule has 0 unspecified atom stereocenters. The van der Waals surface area contributed by atoms with Crippen molar-refractivity contribution in [2.75, 3.05) is 23.9 Å². The van der Waals surface area contributed by atoms with Gasteiger partial charge in [0.2, 0.25) is 5.91 Å². The predicted molar refractivity (Wildman–Crippen MR) is 95.1 cm³/mol. The van der Waals surface area contributed by atoms with E-state index in [4.69, 9.17) is 9.47 Å². The summed E-state index contributed by atoms with van der Waals surface area (Å²) in [6.45, 7) is 2.51. The Labute approximate surface area is 146 Å². The molecule has 25 heavy (non-hydrogen) atoms. The van der Waals surface area contributed by atoms with Gasteiger partial charge in [0.25, 0.3) is 5.91 Å². The molecule has 0 aromatic heterocycles. The van der Waals surface area contributed by atoms with Crippen LogP contribution in [-0.2, 0) is 9.59 Å². The van der Waals surface area contributed by atoms with Crippen LogP contribution in [0.5, 0.6) is 11.5 Å². The number of hydrogen-bond acceptors (Lipinski definition) is 5. The largest absolute Gasteiger partial charge is 0.495 e. The van der Waals surface area contributed by atoms with Crippen molar-refractivity contribution in [3.05, 3.63) is 48.5 Å². The van der Waals surface area contributed by atoms with Crippen molar-refractivity contribution < 1.29 is 19.1 Å². The number of para-hydroxylation sites is 2. The number of ether oxygens (including phenoxy) is 2. The smallest absolute Gasteiger partial charge is 0.256 e. The van der Waals surface area contributed by atoms with Crippen molar-refractivity contribution in [1.82, 2.24) is 0 Å². The number of imide groups is 1. The topological polar surface area (TPSA) is 67.9 Å². The lowest BCUT2D eigenvalue weighted by Crippen LogP contribution is -2.35. The van der Waals surface area contributed by atoms with E-state index >= 15 is 0 Å². The lowest BCUT2D eigenvalue weighted by molar-refractivity contribution is -0.121. The summed E-state index contributed by atoms with van der Waals surface area (Å²) in [5, 5.41) is 3.12. The molecule has 1 fully saturated rings. The normalized spacial score (nSPS) is 16.9. The van der Waals surface area contributed by atoms with Crippen molar-refractivity contribution in [2.24, 2.45) is 0 Å². The fourth-order valence-electron chi connectivity index (χ4n) is 2.83. The first-order valence-corrected chi connectivity index (χ1v) is 8.13. The number of amides is 2. The van der Waals surface area contributed by atoms with Crippen LogP contribution in [0.1, 0.15) is 13.3 Å². The summed E-state index contributed by atoms with van der Waals surface area (Å²) < 4.78 is 10.7. The van der Waals surface area contributed by atoms with Crippen LogP contribution in [0.4, 0.5) is 11.4 Å². The molecule has 6 heteroatoms. The molecule has 0 spiro atoms. The van der Waals surface area contributed by atoms with Gasteiger partial charge >= 0.3 is 0 Å². The summed E-state index contributed by atoms with van der Waals surface area (Å²) >= 11 is 0. The minimum absolute atomic E-state index is 0.101. The van der Waals surface area contributed by atoms with E-state index in [1.165, 1.54) is 12.0 Å². The van der Waals surface area contributed by atoms with Gasteiger partial charge in [-0.3, -0.25) is 9.59 Å². The van der Waals surface area contributed by atoms with Crippen molar-refractivity contribution >= 4 is 23.2 Å². The van der Waals surface area contributed by atoms with Crippen LogP contribution in [0, 0.1) is 0 Å². The van der Waals surface area contributed by atoms with Crippen molar-refractivity contribution in [3.8, 4) is 11.5 Å². The van der Waals surface area contributed by atoms with E-state index in [9.17, 15) is 9.59 Å². The molecule has 6 nitrogen and oxygen atoms in total. The monoisotopic (exact) mass is 340 g/mol. The van der Waals surface area contributed by atoms with E-state index < -0.39 is 6.04 Å². The summed E-state index contributed by atoms with van der Waals surface area (Å²) in [6, 6.07) is 13.7. The summed E-state index contributed by atoms with van der Waals surface area (Å²) in [5.41, 5.74) is 1.23. The molecular formula is C19H20N2O4. The second-order valence-corrected chi connectivity index (χ2v) is 5.60. The zero-order chi connectivity index (χ0) is 17.8. The first kappa shape index (κ1) is 16.8. The highest BCUT2D eigenvalue weighted by atomic mass is 16.5. The first-order valence-electron chi connectivity index (χ1n) is 8.13. The van der Waals surface area contributed by atoms with Gasteiger partial charge in [0.05, 0.1) is 25.8 Å². The zero-order valence-electron chi connectivity index (χ0n) is 14.2. The Hall–Kier alpha value is -3.02. The molecule has 3 rings (SSSR count). The van der Waals surface area contributed by atoms with Crippen LogP contribution in [0.2, 0.25) is 0 Å². The summed E-state index contributed by atoms with van der Waals surface area (Å²) in [6.07, 6.45) is 0.101. The van der Waals surface area contributed by atoms with E-state index in [0.29, 0.717) is 18.0 Å². The number of rotatable bonds is 6. The lowest BCUT2D eigenvalue weighted by Gasteiger charge is -2.18. The summed E-state index contributed by atoms with van der Waals surface area (Å²) in [7, 11) is 1.51. The highest BCUT2D eigenvalue weighted by Crippen LogP contribution is 2.32. The number of nitrogens with one attached hydrogen (secondary N) is 1. The van der Waals surface area contributed by atoms with Gasteiger partial charge in [-0.25, -0.2) is 4.90 Å². The second kappa shape index (κ2) is 7.25. The highest BCUT2D eigenvalue weighted by molar-refractivity contribution is 6.23. The van der Waals surface area contributed by atoms with E-state index in [2.05, 4.69) is 5.32 Å². The van der Waals surface area contributed by atoms with Gasteiger partial charge in [-0.05, 0) is 43.3 Å². The molecule has 1 saturated heterocycles. The molecular weight excluding hydrogens is 320 g/mol. The Kier molecular flexibility index (Phi) is 4.88. The maximum absolute atomic E-state index is 12.7. The summed E-state index contributed by atoms with van der Waals surface area (Å²) in [5.74, 6) is 0.713. The Morgan fingerprint density at radius 1 is 1.12 bits per heavy atom. The molecule has 1 aliphatic heterocycles. The fourth-order valence-corrected chi connectivity index (χ4v) is 2.83. The minimum atomic E-state index is -0.602. The molecule has 2 amide bonds. The molecule has 1 heterocycles. The molecule has 130 valence electrons. The average Bonchev–Trinajstić information content (AvgIpc) is 2.90. The molecule has 0 aliphatic carbocycles. The van der Waals surface area contributed by atoms with Crippen molar-refractivity contribution in [2.45, 2.75) is 19.4 Å². The van der Waals surface area contributed by atoms with Gasteiger partial charge in [0.1, 0.15) is 17.5 Å². The van der Waals surface area contributed by atoms with Gasteiger partial charge in [-0.2, -0.15) is 0 Å². The van der Waals surface area contributed by atoms with Gasteiger partial charge in [-0.1, -0.05) is 12.1 Å². The number of benzene rings is 2. The Bertz CT molecular complexity index is 773. The third-order valence-corrected chi connectivity index (χ3v) is 3.98. The molecule has 0 radical (unpaired) electrons. The van der Waals surface area contributed by atoms with Gasteiger partial charge in [-0.15, -0.1) is 0 Å². The number of hydrogen-bond donors (Lipinski definition) is 1. The lowest BCUT2D eigenvalue weighted by atomic mass is 10.2. The number of carbonyl (C=O) groups is 2. The first-order chi connectivity index (χ1) is 12.1. The highest BCUT2D eigenvalue weighted by Gasteiger charge is 2.40. The zero-order valence-corrected chi connectivity index (χ0v) is 14.2. The predicted octanol–water partition coefficient (Wildman–Crippen LogP) is 2.84. The van der Waals surface area contributed by atoms with E-state index in [-0.39, 0.29) is 18.2 Å². The molecule has 1 atom stereocenters. The van der Waals surface area contributed by atoms with Crippen molar-refractivity contribution in [1.29, 1.82) is 0 Å². The van der Waals surface area contributed by atoms with Crippen LogP contribution in [0.25, 0.3) is 0 Å². The Morgan fingerprint density at radius 2 is 1.84 bits per heavy atom. The maximum atomic E-state index is 12.7. The van der Waals surface area contributed by atoms with Crippen LogP contribution >= 0.6 is 0 Å². The second-order valence-electron chi connectivity index (χ2n) is 5.60. The van der Waals surface area contributed by atoms with E-state index in [1.54, 1.807) is 24.3 Å². The number of anilines is 2. The van der Waals surface area contributed by atoms with Crippen LogP contribution in [0.15, 0.2) is 48.5 Å². The standard InChI is InChI=1S/C19H20N2O4/c1-3-25-14-10-8-13(9-11-14)20-15-12-18(22)21(19(15)23)16-6-4-5-7-17(16)24-2/h4-11,15,20H,3,12H2,1-2H3/t15-/m0/s1. The Morgan fingerprint density at radius 3 is 2.52 bits per heavy atom. The van der Waals surface area contributed by atoms with Crippen LogP contribution in [-0.4, -0.2) is 31.6 Å². The third-order valence-electron chi connectivity index (χ3n) is 3.98. The number of methoxy groups -OCH3 is 1. The third kappa shape index (κ3) is 3.42. The van der Waals surface area contributed by atoms with Crippen molar-refractivity contribution in [3.63, 3.8) is 0 Å². The van der Waals surface area contributed by atoms with Gasteiger partial charge in [0.15, 0.2) is 0 Å². The van der Waals surface area contributed by atoms with Gasteiger partial charge < -0.3 is 14.8 Å². The van der Waals surface area contributed by atoms with Gasteiger partial charge in [0, 0.05) is 5.69 Å².